The number of ketones is 3. The molecular formula is C18H28O5. The fourth-order valence-corrected chi connectivity index (χ4v) is 2.83. The van der Waals surface area contributed by atoms with Crippen LogP contribution < -0.4 is 0 Å². The van der Waals surface area contributed by atoms with Crippen molar-refractivity contribution < 1.29 is 23.9 Å². The lowest BCUT2D eigenvalue weighted by molar-refractivity contribution is -0.156. The first-order valence-electron chi connectivity index (χ1n) is 8.61. The van der Waals surface area contributed by atoms with Gasteiger partial charge >= 0.3 is 5.97 Å². The van der Waals surface area contributed by atoms with E-state index in [2.05, 4.69) is 13.8 Å². The predicted octanol–water partition coefficient (Wildman–Crippen LogP) is 2.89. The molecule has 0 unspecified atom stereocenters. The van der Waals surface area contributed by atoms with Gasteiger partial charge in [-0.1, -0.05) is 40.0 Å². The molecule has 0 spiro atoms. The number of hydrogen-bond donors (Lipinski definition) is 0. The number of Topliss-reactive ketones (excluding diaryl/α,β-unsaturated/α-hetero) is 3. The van der Waals surface area contributed by atoms with Gasteiger partial charge < -0.3 is 4.74 Å². The molecule has 0 aliphatic heterocycles. The van der Waals surface area contributed by atoms with Crippen LogP contribution in [0.25, 0.3) is 0 Å². The third-order valence-corrected chi connectivity index (χ3v) is 4.21. The van der Waals surface area contributed by atoms with E-state index < -0.39 is 29.4 Å². The van der Waals surface area contributed by atoms with Gasteiger partial charge in [-0.2, -0.15) is 0 Å². The lowest BCUT2D eigenvalue weighted by Crippen LogP contribution is -2.41. The first-order valence-corrected chi connectivity index (χ1v) is 8.61. The number of carbonyl (C=O) groups excluding carboxylic acids is 4. The zero-order chi connectivity index (χ0) is 17.4. The fraction of sp³-hybridized carbons (Fsp3) is 0.778. The van der Waals surface area contributed by atoms with Crippen LogP contribution in [0, 0.1) is 17.8 Å². The zero-order valence-electron chi connectivity index (χ0n) is 14.4. The van der Waals surface area contributed by atoms with Crippen LogP contribution in [-0.4, -0.2) is 29.9 Å². The Labute approximate surface area is 138 Å². The second kappa shape index (κ2) is 9.58. The van der Waals surface area contributed by atoms with Gasteiger partial charge in [-0.3, -0.25) is 19.2 Å². The first-order chi connectivity index (χ1) is 10.9. The summed E-state index contributed by atoms with van der Waals surface area (Å²) < 4.78 is 5.18. The van der Waals surface area contributed by atoms with Crippen LogP contribution in [0.15, 0.2) is 0 Å². The van der Waals surface area contributed by atoms with Gasteiger partial charge in [0.2, 0.25) is 0 Å². The molecule has 1 aliphatic carbocycles. The number of carbonyl (C=O) groups is 4. The van der Waals surface area contributed by atoms with E-state index >= 15 is 0 Å². The summed E-state index contributed by atoms with van der Waals surface area (Å²) >= 11 is 0. The number of esters is 1. The van der Waals surface area contributed by atoms with Crippen LogP contribution in [0.1, 0.15) is 65.7 Å². The van der Waals surface area contributed by atoms with E-state index in [0.29, 0.717) is 12.5 Å². The third kappa shape index (κ3) is 6.24. The molecule has 23 heavy (non-hydrogen) atoms. The molecule has 1 rings (SSSR count). The zero-order valence-corrected chi connectivity index (χ0v) is 14.4. The van der Waals surface area contributed by atoms with E-state index in [1.54, 1.807) is 6.92 Å². The Bertz CT molecular complexity index is 434. The molecule has 5 heteroatoms. The molecule has 0 aromatic rings. The second-order valence-electron chi connectivity index (χ2n) is 6.70. The molecule has 1 saturated carbocycles. The molecule has 0 atom stereocenters. The number of hydrogen-bond acceptors (Lipinski definition) is 5. The maximum Gasteiger partial charge on any atom is 0.309 e. The molecule has 5 nitrogen and oxygen atoms in total. The molecule has 0 radical (unpaired) electrons. The average Bonchev–Trinajstić information content (AvgIpc) is 2.49. The Kier molecular flexibility index (Phi) is 8.13. The lowest BCUT2D eigenvalue weighted by Gasteiger charge is -2.24. The Hall–Kier alpha value is -1.52. The molecule has 0 aromatic carbocycles. The van der Waals surface area contributed by atoms with Crippen LogP contribution in [-0.2, 0) is 23.9 Å². The molecule has 0 bridgehead atoms. The van der Waals surface area contributed by atoms with Gasteiger partial charge in [0.15, 0.2) is 17.3 Å². The quantitative estimate of drug-likeness (QED) is 0.370. The Morgan fingerprint density at radius 1 is 1.09 bits per heavy atom. The van der Waals surface area contributed by atoms with Crippen molar-refractivity contribution in [2.45, 2.75) is 65.7 Å². The standard InChI is InChI=1S/C18H28O5/c1-4-14(19)17-15(20)10-13(11-16(17)21)18(22)23-9-7-5-6-8-12(2)3/h12-13,17H,4-11H2,1-3H3. The maximum atomic E-state index is 12.0. The van der Waals surface area contributed by atoms with Crippen LogP contribution in [0.2, 0.25) is 0 Å². The molecule has 0 amide bonds. The lowest BCUT2D eigenvalue weighted by atomic mass is 9.77. The van der Waals surface area contributed by atoms with Gasteiger partial charge in [0, 0.05) is 19.3 Å². The SMILES string of the molecule is CCC(=O)C1C(=O)CC(C(=O)OCCCCCC(C)C)CC1=O. The highest BCUT2D eigenvalue weighted by molar-refractivity contribution is 6.21. The van der Waals surface area contributed by atoms with Gasteiger partial charge in [0.1, 0.15) is 5.92 Å². The summed E-state index contributed by atoms with van der Waals surface area (Å²) in [6.45, 7) is 6.30. The molecule has 0 saturated heterocycles. The molecule has 0 N–H and O–H groups in total. The summed E-state index contributed by atoms with van der Waals surface area (Å²) in [7, 11) is 0. The first kappa shape index (κ1) is 19.5. The number of unbranched alkanes of at least 4 members (excludes halogenated alkanes) is 2. The minimum atomic E-state index is -1.15. The van der Waals surface area contributed by atoms with E-state index in [0.717, 1.165) is 25.7 Å². The summed E-state index contributed by atoms with van der Waals surface area (Å²) in [6.07, 6.45) is 4.10. The van der Waals surface area contributed by atoms with Crippen LogP contribution in [0.3, 0.4) is 0 Å². The molecule has 1 aliphatic rings. The van der Waals surface area contributed by atoms with E-state index in [1.165, 1.54) is 0 Å². The van der Waals surface area contributed by atoms with Crippen molar-refractivity contribution in [3.8, 4) is 0 Å². The molecular weight excluding hydrogens is 296 g/mol. The van der Waals surface area contributed by atoms with E-state index in [1.807, 2.05) is 0 Å². The monoisotopic (exact) mass is 324 g/mol. The normalized spacial score (nSPS) is 21.6. The van der Waals surface area contributed by atoms with E-state index in [9.17, 15) is 19.2 Å². The Morgan fingerprint density at radius 2 is 1.70 bits per heavy atom. The number of ether oxygens (including phenoxy) is 1. The summed E-state index contributed by atoms with van der Waals surface area (Å²) in [5, 5.41) is 0. The van der Waals surface area contributed by atoms with Gasteiger partial charge in [-0.25, -0.2) is 0 Å². The van der Waals surface area contributed by atoms with Crippen molar-refractivity contribution in [2.24, 2.45) is 17.8 Å². The minimum Gasteiger partial charge on any atom is -0.465 e. The number of rotatable bonds is 9. The van der Waals surface area contributed by atoms with Gasteiger partial charge in [0.05, 0.1) is 12.5 Å². The summed E-state index contributed by atoms with van der Waals surface area (Å²) in [5.74, 6) is -2.91. The van der Waals surface area contributed by atoms with Crippen molar-refractivity contribution in [3.05, 3.63) is 0 Å². The average molecular weight is 324 g/mol. The van der Waals surface area contributed by atoms with Crippen molar-refractivity contribution >= 4 is 23.3 Å². The topological polar surface area (TPSA) is 77.5 Å². The van der Waals surface area contributed by atoms with E-state index in [-0.39, 0.29) is 25.0 Å². The summed E-state index contributed by atoms with van der Waals surface area (Å²) in [6, 6.07) is 0. The van der Waals surface area contributed by atoms with Crippen LogP contribution in [0.4, 0.5) is 0 Å². The van der Waals surface area contributed by atoms with Crippen LogP contribution in [0.5, 0.6) is 0 Å². The smallest absolute Gasteiger partial charge is 0.309 e. The summed E-state index contributed by atoms with van der Waals surface area (Å²) in [4.78, 5) is 47.5. The van der Waals surface area contributed by atoms with E-state index in [4.69, 9.17) is 4.74 Å². The van der Waals surface area contributed by atoms with Crippen molar-refractivity contribution in [1.82, 2.24) is 0 Å². The van der Waals surface area contributed by atoms with Crippen LogP contribution >= 0.6 is 0 Å². The van der Waals surface area contributed by atoms with Gasteiger partial charge in [-0.15, -0.1) is 0 Å². The molecule has 0 aromatic heterocycles. The largest absolute Gasteiger partial charge is 0.465 e. The third-order valence-electron chi connectivity index (χ3n) is 4.21. The minimum absolute atomic E-state index is 0.0612. The Morgan fingerprint density at radius 3 is 2.22 bits per heavy atom. The van der Waals surface area contributed by atoms with Crippen molar-refractivity contribution in [2.75, 3.05) is 6.61 Å². The predicted molar refractivity (Wildman–Crippen MR) is 85.8 cm³/mol. The van der Waals surface area contributed by atoms with Gasteiger partial charge in [0.25, 0.3) is 0 Å². The fourth-order valence-electron chi connectivity index (χ4n) is 2.83. The van der Waals surface area contributed by atoms with Gasteiger partial charge in [-0.05, 0) is 12.3 Å². The molecule has 130 valence electrons. The highest BCUT2D eigenvalue weighted by Crippen LogP contribution is 2.26. The second-order valence-corrected chi connectivity index (χ2v) is 6.70. The highest BCUT2D eigenvalue weighted by Gasteiger charge is 2.42. The summed E-state index contributed by atoms with van der Waals surface area (Å²) in [5.41, 5.74) is 0. The van der Waals surface area contributed by atoms with Crippen molar-refractivity contribution in [3.63, 3.8) is 0 Å². The maximum absolute atomic E-state index is 12.0. The molecule has 1 fully saturated rings. The highest BCUT2D eigenvalue weighted by atomic mass is 16.5. The molecule has 0 heterocycles. The Balaban J connectivity index is 2.34. The van der Waals surface area contributed by atoms with Crippen molar-refractivity contribution in [1.29, 1.82) is 0 Å².